The van der Waals surface area contributed by atoms with Crippen molar-refractivity contribution in [1.82, 2.24) is 9.88 Å². The normalized spacial score (nSPS) is 15.5. The van der Waals surface area contributed by atoms with Gasteiger partial charge in [-0.25, -0.2) is 4.98 Å². The molecule has 0 spiro atoms. The third-order valence-corrected chi connectivity index (χ3v) is 5.32. The van der Waals surface area contributed by atoms with Gasteiger partial charge in [0.1, 0.15) is 12.0 Å². The fraction of sp³-hybridized carbons (Fsp3) is 0.316. The highest BCUT2D eigenvalue weighted by molar-refractivity contribution is 7.13. The van der Waals surface area contributed by atoms with Gasteiger partial charge in [0.05, 0.1) is 17.7 Å². The summed E-state index contributed by atoms with van der Waals surface area (Å²) in [6.45, 7) is 4.86. The van der Waals surface area contributed by atoms with Crippen LogP contribution in [0.5, 0.6) is 5.75 Å². The van der Waals surface area contributed by atoms with E-state index in [-0.39, 0.29) is 0 Å². The van der Waals surface area contributed by atoms with E-state index in [1.165, 1.54) is 5.69 Å². The predicted octanol–water partition coefficient (Wildman–Crippen LogP) is 3.73. The molecule has 1 aromatic carbocycles. The number of thiophene rings is 1. The zero-order chi connectivity index (χ0) is 17.1. The maximum absolute atomic E-state index is 5.61. The maximum Gasteiger partial charge on any atom is 0.236 e. The summed E-state index contributed by atoms with van der Waals surface area (Å²) in [7, 11) is 1.71. The smallest absolute Gasteiger partial charge is 0.236 e. The number of anilines is 1. The van der Waals surface area contributed by atoms with Gasteiger partial charge in [0.25, 0.3) is 0 Å². The van der Waals surface area contributed by atoms with E-state index in [1.54, 1.807) is 24.7 Å². The number of aromatic nitrogens is 1. The summed E-state index contributed by atoms with van der Waals surface area (Å²) in [5, 5.41) is 2.04. The minimum absolute atomic E-state index is 0.722. The molecule has 5 nitrogen and oxygen atoms in total. The predicted molar refractivity (Wildman–Crippen MR) is 100 cm³/mol. The number of hydrogen-bond acceptors (Lipinski definition) is 6. The van der Waals surface area contributed by atoms with Gasteiger partial charge < -0.3 is 14.1 Å². The fourth-order valence-corrected chi connectivity index (χ4v) is 3.75. The number of rotatable bonds is 5. The Balaban J connectivity index is 1.34. The quantitative estimate of drug-likeness (QED) is 0.697. The Kier molecular flexibility index (Phi) is 4.72. The Morgan fingerprint density at radius 2 is 2.04 bits per heavy atom. The average molecular weight is 355 g/mol. The molecular formula is C19H21N3O2S. The first-order valence-corrected chi connectivity index (χ1v) is 9.29. The second-order valence-corrected chi connectivity index (χ2v) is 7.03. The van der Waals surface area contributed by atoms with E-state index in [2.05, 4.69) is 26.9 Å². The molecule has 3 heterocycles. The van der Waals surface area contributed by atoms with Crippen molar-refractivity contribution < 1.29 is 9.15 Å². The highest BCUT2D eigenvalue weighted by Gasteiger charge is 2.19. The van der Waals surface area contributed by atoms with Gasteiger partial charge >= 0.3 is 0 Å². The van der Waals surface area contributed by atoms with Crippen LogP contribution >= 0.6 is 11.3 Å². The summed E-state index contributed by atoms with van der Waals surface area (Å²) >= 11 is 1.65. The Morgan fingerprint density at radius 1 is 1.16 bits per heavy atom. The van der Waals surface area contributed by atoms with Crippen LogP contribution in [0.25, 0.3) is 10.8 Å². The van der Waals surface area contributed by atoms with Gasteiger partial charge in [-0.1, -0.05) is 12.1 Å². The molecule has 0 saturated carbocycles. The van der Waals surface area contributed by atoms with Gasteiger partial charge in [0.2, 0.25) is 5.89 Å². The molecule has 1 saturated heterocycles. The van der Waals surface area contributed by atoms with E-state index in [0.29, 0.717) is 0 Å². The molecular weight excluding hydrogens is 334 g/mol. The van der Waals surface area contributed by atoms with E-state index in [0.717, 1.165) is 54.9 Å². The molecule has 0 N–H and O–H groups in total. The first-order chi connectivity index (χ1) is 12.3. The van der Waals surface area contributed by atoms with Crippen LogP contribution in [0.2, 0.25) is 0 Å². The van der Waals surface area contributed by atoms with Crippen LogP contribution in [-0.2, 0) is 6.54 Å². The highest BCUT2D eigenvalue weighted by atomic mass is 32.1. The molecule has 0 aliphatic carbocycles. The Morgan fingerprint density at radius 3 is 2.80 bits per heavy atom. The van der Waals surface area contributed by atoms with E-state index in [9.17, 15) is 0 Å². The number of ether oxygens (including phenoxy) is 1. The summed E-state index contributed by atoms with van der Waals surface area (Å²) < 4.78 is 10.9. The molecule has 130 valence electrons. The number of piperazine rings is 1. The van der Waals surface area contributed by atoms with Crippen molar-refractivity contribution in [2.45, 2.75) is 6.54 Å². The van der Waals surface area contributed by atoms with Crippen molar-refractivity contribution in [3.05, 3.63) is 53.7 Å². The third-order valence-electron chi connectivity index (χ3n) is 4.46. The van der Waals surface area contributed by atoms with E-state index in [1.807, 2.05) is 29.6 Å². The highest BCUT2D eigenvalue weighted by Crippen LogP contribution is 2.25. The standard InChI is InChI=1S/C19H21N3O2S/c1-23-17-5-2-4-16(12-17)22-9-7-21(8-10-22)13-15-14-24-19(20-15)18-6-3-11-25-18/h2-6,11-12,14H,7-10,13H2,1H3. The van der Waals surface area contributed by atoms with Crippen molar-refractivity contribution in [2.75, 3.05) is 38.2 Å². The van der Waals surface area contributed by atoms with Crippen LogP contribution in [0.1, 0.15) is 5.69 Å². The Hall–Kier alpha value is -2.31. The number of hydrogen-bond donors (Lipinski definition) is 0. The summed E-state index contributed by atoms with van der Waals surface area (Å²) in [6, 6.07) is 12.3. The molecule has 4 rings (SSSR count). The largest absolute Gasteiger partial charge is 0.497 e. The van der Waals surface area contributed by atoms with Crippen LogP contribution in [-0.4, -0.2) is 43.2 Å². The number of nitrogens with zero attached hydrogens (tertiary/aromatic N) is 3. The lowest BCUT2D eigenvalue weighted by Gasteiger charge is -2.35. The molecule has 3 aromatic rings. The topological polar surface area (TPSA) is 41.7 Å². The Bertz CT molecular complexity index is 808. The van der Waals surface area contributed by atoms with E-state index >= 15 is 0 Å². The molecule has 2 aromatic heterocycles. The minimum atomic E-state index is 0.722. The van der Waals surface area contributed by atoms with Crippen molar-refractivity contribution in [1.29, 1.82) is 0 Å². The van der Waals surface area contributed by atoms with Crippen LogP contribution in [0.4, 0.5) is 5.69 Å². The SMILES string of the molecule is COc1cccc(N2CCN(Cc3coc(-c4cccs4)n3)CC2)c1. The molecule has 1 fully saturated rings. The molecule has 1 aliphatic rings. The summed E-state index contributed by atoms with van der Waals surface area (Å²) in [4.78, 5) is 10.5. The lowest BCUT2D eigenvalue weighted by Crippen LogP contribution is -2.46. The monoisotopic (exact) mass is 355 g/mol. The zero-order valence-electron chi connectivity index (χ0n) is 14.2. The van der Waals surface area contributed by atoms with Crippen LogP contribution in [0.15, 0.2) is 52.5 Å². The van der Waals surface area contributed by atoms with Gasteiger partial charge in [-0.15, -0.1) is 11.3 Å². The molecule has 0 bridgehead atoms. The van der Waals surface area contributed by atoms with Gasteiger partial charge in [0, 0.05) is 44.5 Å². The second kappa shape index (κ2) is 7.29. The third kappa shape index (κ3) is 3.70. The Labute approximate surface area is 151 Å². The number of benzene rings is 1. The zero-order valence-corrected chi connectivity index (χ0v) is 15.0. The molecule has 0 unspecified atom stereocenters. The molecule has 25 heavy (non-hydrogen) atoms. The summed E-state index contributed by atoms with van der Waals surface area (Å²) in [5.41, 5.74) is 2.22. The number of methoxy groups -OCH3 is 1. The first kappa shape index (κ1) is 16.2. The van der Waals surface area contributed by atoms with Crippen LogP contribution in [0, 0.1) is 0 Å². The van der Waals surface area contributed by atoms with Gasteiger partial charge in [-0.3, -0.25) is 4.90 Å². The molecule has 1 aliphatic heterocycles. The molecule has 6 heteroatoms. The van der Waals surface area contributed by atoms with Crippen LogP contribution in [0.3, 0.4) is 0 Å². The summed E-state index contributed by atoms with van der Waals surface area (Å²) in [6.07, 6.45) is 1.78. The second-order valence-electron chi connectivity index (χ2n) is 6.09. The fourth-order valence-electron chi connectivity index (χ4n) is 3.09. The molecule has 0 radical (unpaired) electrons. The van der Waals surface area contributed by atoms with E-state index in [4.69, 9.17) is 9.15 Å². The number of oxazole rings is 1. The van der Waals surface area contributed by atoms with Gasteiger partial charge in [-0.2, -0.15) is 0 Å². The van der Waals surface area contributed by atoms with Gasteiger partial charge in [-0.05, 0) is 23.6 Å². The average Bonchev–Trinajstić information content (AvgIpc) is 3.34. The minimum Gasteiger partial charge on any atom is -0.497 e. The summed E-state index contributed by atoms with van der Waals surface area (Å²) in [5.74, 6) is 1.63. The molecule has 0 amide bonds. The van der Waals surface area contributed by atoms with E-state index < -0.39 is 0 Å². The van der Waals surface area contributed by atoms with Crippen LogP contribution < -0.4 is 9.64 Å². The molecule has 0 atom stereocenters. The lowest BCUT2D eigenvalue weighted by atomic mass is 10.2. The van der Waals surface area contributed by atoms with Crippen molar-refractivity contribution in [3.8, 4) is 16.5 Å². The van der Waals surface area contributed by atoms with Crippen molar-refractivity contribution in [3.63, 3.8) is 0 Å². The van der Waals surface area contributed by atoms with Crippen molar-refractivity contribution in [2.24, 2.45) is 0 Å². The maximum atomic E-state index is 5.61. The van der Waals surface area contributed by atoms with Crippen molar-refractivity contribution >= 4 is 17.0 Å². The lowest BCUT2D eigenvalue weighted by molar-refractivity contribution is 0.247. The first-order valence-electron chi connectivity index (χ1n) is 8.41. The van der Waals surface area contributed by atoms with Gasteiger partial charge in [0.15, 0.2) is 0 Å².